The zero-order valence-electron chi connectivity index (χ0n) is 23.4. The molecule has 9 heteroatoms. The van der Waals surface area contributed by atoms with Gasteiger partial charge in [0, 0.05) is 22.9 Å². The van der Waals surface area contributed by atoms with Crippen LogP contribution in [0.15, 0.2) is 36.4 Å². The molecule has 2 fully saturated rings. The lowest BCUT2D eigenvalue weighted by molar-refractivity contribution is -0.286. The van der Waals surface area contributed by atoms with Gasteiger partial charge in [0.25, 0.3) is 0 Å². The molecule has 6 nitrogen and oxygen atoms in total. The predicted octanol–water partition coefficient (Wildman–Crippen LogP) is 6.78. The smallest absolute Gasteiger partial charge is 0.395 e. The molecular weight excluding hydrogens is 523 g/mol. The zero-order chi connectivity index (χ0) is 28.7. The monoisotopic (exact) mass is 557 g/mol. The van der Waals surface area contributed by atoms with Gasteiger partial charge in [0.2, 0.25) is 0 Å². The van der Waals surface area contributed by atoms with E-state index in [9.17, 15) is 13.6 Å². The van der Waals surface area contributed by atoms with Crippen LogP contribution >= 0.6 is 0 Å². The lowest BCUT2D eigenvalue weighted by Crippen LogP contribution is -2.27. The number of aromatic nitrogens is 1. The van der Waals surface area contributed by atoms with E-state index in [0.29, 0.717) is 37.1 Å². The summed E-state index contributed by atoms with van der Waals surface area (Å²) in [7, 11) is 0. The second kappa shape index (κ2) is 8.98. The molecule has 2 aromatic carbocycles. The van der Waals surface area contributed by atoms with Gasteiger partial charge >= 0.3 is 6.29 Å². The van der Waals surface area contributed by atoms with Gasteiger partial charge in [-0.15, -0.1) is 8.78 Å². The van der Waals surface area contributed by atoms with Gasteiger partial charge in [-0.25, -0.2) is 4.39 Å². The molecular formula is C31H34F3NO5. The molecule has 40 heavy (non-hydrogen) atoms. The molecule has 3 aromatic rings. The van der Waals surface area contributed by atoms with Crippen molar-refractivity contribution in [2.45, 2.75) is 95.9 Å². The molecule has 0 amide bonds. The minimum atomic E-state index is -3.73. The zero-order valence-corrected chi connectivity index (χ0v) is 23.4. The number of rotatable bonds is 8. The molecule has 6 rings (SSSR count). The number of benzene rings is 2. The van der Waals surface area contributed by atoms with Crippen LogP contribution in [0.5, 0.6) is 11.5 Å². The third-order valence-electron chi connectivity index (χ3n) is 8.69. The summed E-state index contributed by atoms with van der Waals surface area (Å²) in [6.45, 7) is 11.2. The van der Waals surface area contributed by atoms with Crippen LogP contribution in [0.4, 0.5) is 13.2 Å². The van der Waals surface area contributed by atoms with Gasteiger partial charge in [0.15, 0.2) is 17.3 Å². The molecule has 3 aliphatic rings. The van der Waals surface area contributed by atoms with Gasteiger partial charge in [-0.2, -0.15) is 0 Å². The van der Waals surface area contributed by atoms with Crippen LogP contribution in [0.2, 0.25) is 0 Å². The number of ether oxygens (including phenoxy) is 4. The number of alkyl halides is 2. The molecule has 1 aliphatic carbocycles. The number of nitrogens with zero attached hydrogens (tertiary/aromatic N) is 1. The first-order valence-corrected chi connectivity index (χ1v) is 13.8. The van der Waals surface area contributed by atoms with Crippen LogP contribution in [-0.4, -0.2) is 35.1 Å². The Hall–Kier alpha value is -3.04. The van der Waals surface area contributed by atoms with Crippen LogP contribution in [-0.2, 0) is 38.1 Å². The van der Waals surface area contributed by atoms with Gasteiger partial charge in [-0.1, -0.05) is 26.8 Å². The maximum Gasteiger partial charge on any atom is 0.586 e. The Morgan fingerprint density at radius 1 is 1.07 bits per heavy atom. The van der Waals surface area contributed by atoms with Crippen molar-refractivity contribution in [2.75, 3.05) is 6.61 Å². The molecule has 0 unspecified atom stereocenters. The molecule has 0 radical (unpaired) electrons. The summed E-state index contributed by atoms with van der Waals surface area (Å²) in [4.78, 5) is 13.6. The van der Waals surface area contributed by atoms with Crippen molar-refractivity contribution in [3.63, 3.8) is 0 Å². The van der Waals surface area contributed by atoms with Crippen molar-refractivity contribution in [1.82, 2.24) is 4.57 Å². The average molecular weight is 558 g/mol. The third-order valence-corrected chi connectivity index (χ3v) is 8.69. The quantitative estimate of drug-likeness (QED) is 0.306. The minimum Gasteiger partial charge on any atom is -0.395 e. The Kier molecular flexibility index (Phi) is 6.09. The van der Waals surface area contributed by atoms with E-state index >= 15 is 4.39 Å². The Balaban J connectivity index is 1.30. The highest BCUT2D eigenvalue weighted by Gasteiger charge is 2.52. The second-order valence-corrected chi connectivity index (χ2v) is 12.3. The molecule has 0 N–H and O–H groups in total. The van der Waals surface area contributed by atoms with Crippen LogP contribution in [0.3, 0.4) is 0 Å². The van der Waals surface area contributed by atoms with Gasteiger partial charge in [0.05, 0.1) is 24.1 Å². The van der Waals surface area contributed by atoms with E-state index in [1.165, 1.54) is 18.2 Å². The maximum absolute atomic E-state index is 15.6. The molecule has 3 heterocycles. The number of carbonyl (C=O) groups is 1. The number of Topliss-reactive ketones (excluding diaryl/α,β-unsaturated/α-hetero) is 1. The first-order chi connectivity index (χ1) is 18.7. The van der Waals surface area contributed by atoms with E-state index in [0.717, 1.165) is 23.0 Å². The van der Waals surface area contributed by atoms with E-state index in [1.807, 2.05) is 13.8 Å². The van der Waals surface area contributed by atoms with Crippen LogP contribution < -0.4 is 9.47 Å². The van der Waals surface area contributed by atoms with Crippen LogP contribution in [0.25, 0.3) is 10.9 Å². The van der Waals surface area contributed by atoms with Crippen molar-refractivity contribution < 1.29 is 36.9 Å². The van der Waals surface area contributed by atoms with Gasteiger partial charge < -0.3 is 23.5 Å². The lowest BCUT2D eigenvalue weighted by Gasteiger charge is -2.27. The Morgan fingerprint density at radius 3 is 2.45 bits per heavy atom. The summed E-state index contributed by atoms with van der Waals surface area (Å²) >= 11 is 0. The topological polar surface area (TPSA) is 58.9 Å². The van der Waals surface area contributed by atoms with Crippen molar-refractivity contribution in [2.24, 2.45) is 0 Å². The molecule has 1 saturated heterocycles. The predicted molar refractivity (Wildman–Crippen MR) is 142 cm³/mol. The van der Waals surface area contributed by atoms with Crippen molar-refractivity contribution >= 4 is 16.7 Å². The first-order valence-electron chi connectivity index (χ1n) is 13.8. The van der Waals surface area contributed by atoms with E-state index < -0.39 is 23.3 Å². The molecule has 0 spiro atoms. The fourth-order valence-electron chi connectivity index (χ4n) is 5.90. The summed E-state index contributed by atoms with van der Waals surface area (Å²) in [6.07, 6.45) is -1.98. The minimum absolute atomic E-state index is 0.0676. The Bertz CT molecular complexity index is 1500. The van der Waals surface area contributed by atoms with E-state index in [2.05, 4.69) is 40.9 Å². The van der Waals surface area contributed by atoms with E-state index in [1.54, 1.807) is 12.1 Å². The third kappa shape index (κ3) is 4.67. The summed E-state index contributed by atoms with van der Waals surface area (Å²) in [5, 5.41) is 0.856. The van der Waals surface area contributed by atoms with Gasteiger partial charge in [-0.05, 0) is 74.6 Å². The Morgan fingerprint density at radius 2 is 1.80 bits per heavy atom. The molecule has 214 valence electrons. The fraction of sp³-hybridized carbons (Fsp3) is 0.516. The average Bonchev–Trinajstić information content (AvgIpc) is 3.39. The highest BCUT2D eigenvalue weighted by atomic mass is 19.3. The number of carbonyl (C=O) groups excluding carboxylic acids is 1. The second-order valence-electron chi connectivity index (χ2n) is 12.3. The highest BCUT2D eigenvalue weighted by molar-refractivity contribution is 5.95. The van der Waals surface area contributed by atoms with Crippen molar-refractivity contribution in [3.8, 4) is 11.5 Å². The van der Waals surface area contributed by atoms with Gasteiger partial charge in [-0.3, -0.25) is 4.79 Å². The van der Waals surface area contributed by atoms with Gasteiger partial charge in [0.1, 0.15) is 17.7 Å². The summed E-state index contributed by atoms with van der Waals surface area (Å²) in [5.41, 5.74) is 1.70. The number of halogens is 3. The Labute approximate surface area is 231 Å². The summed E-state index contributed by atoms with van der Waals surface area (Å²) < 4.78 is 65.6. The molecule has 0 bridgehead atoms. The summed E-state index contributed by atoms with van der Waals surface area (Å²) in [5.74, 6) is -1.43. The number of hydrogen-bond acceptors (Lipinski definition) is 5. The lowest BCUT2D eigenvalue weighted by atomic mass is 9.86. The first kappa shape index (κ1) is 27.1. The normalized spacial score (nSPS) is 22.1. The maximum atomic E-state index is 15.6. The van der Waals surface area contributed by atoms with E-state index in [-0.39, 0.29) is 35.2 Å². The summed E-state index contributed by atoms with van der Waals surface area (Å²) in [6, 6.07) is 9.81. The molecule has 2 aliphatic heterocycles. The molecule has 1 saturated carbocycles. The van der Waals surface area contributed by atoms with Crippen LogP contribution in [0, 0.1) is 5.82 Å². The SMILES string of the molecule is CCC(C)(C)c1cc2cc(CC(=O)C3(c4ccc5c(c4)OC(F)(F)O5)CC3)c(F)cc2n1C[C@@H]1COC(C)(C)O1. The number of ketones is 1. The number of hydrogen-bond donors (Lipinski definition) is 0. The standard InChI is InChI=1S/C31H34F3NO5/c1-6-28(2,3)26-12-19-11-18(22(32)15-23(19)35(26)16-21-17-37-29(4,5)38-21)13-27(36)30(9-10-30)20-7-8-24-25(14-20)40-31(33,34)39-24/h7-8,11-12,14-15,21H,6,9-10,13,16-17H2,1-5H3/t21-/m1/s1. The van der Waals surface area contributed by atoms with Crippen molar-refractivity contribution in [3.05, 3.63) is 59.0 Å². The van der Waals surface area contributed by atoms with Crippen molar-refractivity contribution in [1.29, 1.82) is 0 Å². The molecule has 1 aromatic heterocycles. The number of fused-ring (bicyclic) bond motifs is 2. The largest absolute Gasteiger partial charge is 0.586 e. The van der Waals surface area contributed by atoms with E-state index in [4.69, 9.17) is 9.47 Å². The van der Waals surface area contributed by atoms with Crippen LogP contribution in [0.1, 0.15) is 70.7 Å². The fourth-order valence-corrected chi connectivity index (χ4v) is 5.90. The highest BCUT2D eigenvalue weighted by Crippen LogP contribution is 2.53. The molecule has 1 atom stereocenters.